The fraction of sp³-hybridized carbons (Fsp3) is 0.0909. The second-order valence-corrected chi connectivity index (χ2v) is 7.61. The summed E-state index contributed by atoms with van der Waals surface area (Å²) in [7, 11) is 0. The maximum atomic E-state index is 12.9. The molecule has 5 nitrogen and oxygen atoms in total. The van der Waals surface area contributed by atoms with Gasteiger partial charge >= 0.3 is 0 Å². The number of halogens is 1. The number of fused-ring (bicyclic) bond motifs is 2. The van der Waals surface area contributed by atoms with E-state index in [1.165, 1.54) is 23.9 Å². The van der Waals surface area contributed by atoms with Crippen LogP contribution in [0.2, 0.25) is 0 Å². The highest BCUT2D eigenvalue weighted by atomic mass is 32.2. The van der Waals surface area contributed by atoms with E-state index in [1.807, 2.05) is 25.1 Å². The van der Waals surface area contributed by atoms with Crippen LogP contribution in [0.5, 0.6) is 11.5 Å². The molecule has 2 amide bonds. The molecule has 1 aliphatic rings. The zero-order valence-electron chi connectivity index (χ0n) is 15.5. The molecule has 3 aromatic rings. The van der Waals surface area contributed by atoms with Gasteiger partial charge in [0.2, 0.25) is 5.91 Å². The first-order valence-corrected chi connectivity index (χ1v) is 9.88. The van der Waals surface area contributed by atoms with Crippen molar-refractivity contribution >= 4 is 35.0 Å². The highest BCUT2D eigenvalue weighted by Gasteiger charge is 2.21. The van der Waals surface area contributed by atoms with E-state index in [2.05, 4.69) is 10.6 Å². The Balaban J connectivity index is 1.46. The number of benzene rings is 3. The summed E-state index contributed by atoms with van der Waals surface area (Å²) in [5.41, 5.74) is 2.44. The molecule has 146 valence electrons. The van der Waals surface area contributed by atoms with E-state index < -0.39 is 0 Å². The van der Waals surface area contributed by atoms with E-state index in [-0.39, 0.29) is 23.4 Å². The fourth-order valence-electron chi connectivity index (χ4n) is 2.89. The van der Waals surface area contributed by atoms with E-state index >= 15 is 0 Å². The lowest BCUT2D eigenvalue weighted by Gasteiger charge is -2.10. The molecule has 7 heteroatoms. The minimum atomic E-state index is -0.318. The molecule has 0 aromatic heterocycles. The number of amides is 2. The molecule has 0 bridgehead atoms. The molecule has 4 rings (SSSR count). The summed E-state index contributed by atoms with van der Waals surface area (Å²) in [5.74, 6) is 0.297. The van der Waals surface area contributed by atoms with Crippen LogP contribution < -0.4 is 15.4 Å². The Morgan fingerprint density at radius 3 is 2.62 bits per heavy atom. The van der Waals surface area contributed by atoms with E-state index in [9.17, 15) is 14.0 Å². The standard InChI is InChI=1S/C22H17FN2O3S/c1-13-2-8-20-18(10-13)25-22(27)17-11-15(5-9-19(17)28-20)24-21(26)12-29-16-6-3-14(23)4-7-16/h2-11H,12H2,1H3,(H,24,26)(H,25,27). The topological polar surface area (TPSA) is 67.4 Å². The van der Waals surface area contributed by atoms with Gasteiger partial charge in [0, 0.05) is 10.6 Å². The number of ether oxygens (including phenoxy) is 1. The van der Waals surface area contributed by atoms with Crippen molar-refractivity contribution in [3.05, 3.63) is 77.6 Å². The highest BCUT2D eigenvalue weighted by Crippen LogP contribution is 2.37. The summed E-state index contributed by atoms with van der Waals surface area (Å²) >= 11 is 1.30. The number of hydrogen-bond acceptors (Lipinski definition) is 4. The number of anilines is 2. The van der Waals surface area contributed by atoms with E-state index in [0.29, 0.717) is 28.4 Å². The molecule has 0 aliphatic carbocycles. The van der Waals surface area contributed by atoms with E-state index in [1.54, 1.807) is 30.3 Å². The molecule has 0 saturated heterocycles. The van der Waals surface area contributed by atoms with Crippen molar-refractivity contribution in [1.29, 1.82) is 0 Å². The van der Waals surface area contributed by atoms with Crippen LogP contribution in [0.1, 0.15) is 15.9 Å². The van der Waals surface area contributed by atoms with Gasteiger partial charge in [-0.25, -0.2) is 4.39 Å². The van der Waals surface area contributed by atoms with E-state index in [0.717, 1.165) is 10.5 Å². The first kappa shape index (κ1) is 19.0. The van der Waals surface area contributed by atoms with Gasteiger partial charge in [0.05, 0.1) is 17.0 Å². The first-order chi connectivity index (χ1) is 14.0. The van der Waals surface area contributed by atoms with Crippen LogP contribution in [0, 0.1) is 12.7 Å². The SMILES string of the molecule is Cc1ccc2c(c1)NC(=O)c1cc(NC(=O)CSc3ccc(F)cc3)ccc1O2. The number of carbonyl (C=O) groups is 2. The molecule has 0 unspecified atom stereocenters. The van der Waals surface area contributed by atoms with Crippen molar-refractivity contribution in [2.45, 2.75) is 11.8 Å². The summed E-state index contributed by atoms with van der Waals surface area (Å²) in [4.78, 5) is 25.7. The molecular weight excluding hydrogens is 391 g/mol. The van der Waals surface area contributed by atoms with Crippen molar-refractivity contribution < 1.29 is 18.7 Å². The normalized spacial score (nSPS) is 12.1. The average Bonchev–Trinajstić information content (AvgIpc) is 2.83. The summed E-state index contributed by atoms with van der Waals surface area (Å²) < 4.78 is 18.8. The molecule has 0 fully saturated rings. The molecule has 2 N–H and O–H groups in total. The number of aryl methyl sites for hydroxylation is 1. The maximum absolute atomic E-state index is 12.9. The summed E-state index contributed by atoms with van der Waals surface area (Å²) in [5, 5.41) is 5.62. The highest BCUT2D eigenvalue weighted by molar-refractivity contribution is 8.00. The van der Waals surface area contributed by atoms with Gasteiger partial charge in [-0.3, -0.25) is 9.59 Å². The summed E-state index contributed by atoms with van der Waals surface area (Å²) in [6, 6.07) is 16.4. The van der Waals surface area contributed by atoms with Crippen molar-refractivity contribution in [2.75, 3.05) is 16.4 Å². The van der Waals surface area contributed by atoms with Crippen LogP contribution in [0.3, 0.4) is 0 Å². The lowest BCUT2D eigenvalue weighted by molar-refractivity contribution is -0.113. The van der Waals surface area contributed by atoms with Crippen LogP contribution >= 0.6 is 11.8 Å². The van der Waals surface area contributed by atoms with Crippen molar-refractivity contribution in [3.8, 4) is 11.5 Å². The Bertz CT molecular complexity index is 1100. The van der Waals surface area contributed by atoms with Gasteiger partial charge in [0.1, 0.15) is 11.6 Å². The minimum Gasteiger partial charge on any atom is -0.454 e. The third kappa shape index (κ3) is 4.41. The summed E-state index contributed by atoms with van der Waals surface area (Å²) in [6.45, 7) is 1.93. The van der Waals surface area contributed by atoms with Crippen LogP contribution in [-0.2, 0) is 4.79 Å². The third-order valence-corrected chi connectivity index (χ3v) is 5.31. The van der Waals surface area contributed by atoms with Crippen LogP contribution in [0.4, 0.5) is 15.8 Å². The number of thioether (sulfide) groups is 1. The number of carbonyl (C=O) groups excluding carboxylic acids is 2. The zero-order valence-corrected chi connectivity index (χ0v) is 16.3. The van der Waals surface area contributed by atoms with Crippen LogP contribution in [-0.4, -0.2) is 17.6 Å². The molecule has 0 saturated carbocycles. The van der Waals surface area contributed by atoms with Gasteiger partial charge in [0.25, 0.3) is 5.91 Å². The van der Waals surface area contributed by atoms with Crippen molar-refractivity contribution in [2.24, 2.45) is 0 Å². The lowest BCUT2D eigenvalue weighted by atomic mass is 10.1. The third-order valence-electron chi connectivity index (χ3n) is 4.29. The Labute approximate surface area is 171 Å². The van der Waals surface area contributed by atoms with Gasteiger partial charge in [-0.05, 0) is 67.1 Å². The van der Waals surface area contributed by atoms with E-state index in [4.69, 9.17) is 4.74 Å². The smallest absolute Gasteiger partial charge is 0.259 e. The zero-order chi connectivity index (χ0) is 20.4. The minimum absolute atomic E-state index is 0.163. The average molecular weight is 408 g/mol. The Kier molecular flexibility index (Phi) is 5.22. The van der Waals surface area contributed by atoms with Gasteiger partial charge in [-0.15, -0.1) is 11.8 Å². The Hall–Kier alpha value is -3.32. The molecule has 29 heavy (non-hydrogen) atoms. The Morgan fingerprint density at radius 2 is 1.83 bits per heavy atom. The predicted molar refractivity (Wildman–Crippen MR) is 111 cm³/mol. The monoisotopic (exact) mass is 408 g/mol. The second kappa shape index (κ2) is 7.97. The van der Waals surface area contributed by atoms with Crippen molar-refractivity contribution in [1.82, 2.24) is 0 Å². The van der Waals surface area contributed by atoms with Gasteiger partial charge in [-0.2, -0.15) is 0 Å². The molecule has 1 heterocycles. The van der Waals surface area contributed by atoms with Gasteiger partial charge in [0.15, 0.2) is 5.75 Å². The predicted octanol–water partition coefficient (Wildman–Crippen LogP) is 5.22. The van der Waals surface area contributed by atoms with Gasteiger partial charge < -0.3 is 15.4 Å². The molecular formula is C22H17FN2O3S. The number of hydrogen-bond donors (Lipinski definition) is 2. The van der Waals surface area contributed by atoms with Crippen LogP contribution in [0.15, 0.2) is 65.6 Å². The first-order valence-electron chi connectivity index (χ1n) is 8.90. The largest absolute Gasteiger partial charge is 0.454 e. The van der Waals surface area contributed by atoms with Gasteiger partial charge in [-0.1, -0.05) is 6.07 Å². The molecule has 0 atom stereocenters. The summed E-state index contributed by atoms with van der Waals surface area (Å²) in [6.07, 6.45) is 0. The molecule has 1 aliphatic heterocycles. The quantitative estimate of drug-likeness (QED) is 0.581. The number of rotatable bonds is 4. The van der Waals surface area contributed by atoms with Crippen molar-refractivity contribution in [3.63, 3.8) is 0 Å². The lowest BCUT2D eigenvalue weighted by Crippen LogP contribution is -2.15. The second-order valence-electron chi connectivity index (χ2n) is 6.56. The maximum Gasteiger partial charge on any atom is 0.259 e. The molecule has 0 radical (unpaired) electrons. The fourth-order valence-corrected chi connectivity index (χ4v) is 3.59. The molecule has 3 aromatic carbocycles. The molecule has 0 spiro atoms. The van der Waals surface area contributed by atoms with Crippen LogP contribution in [0.25, 0.3) is 0 Å². The Morgan fingerprint density at radius 1 is 1.07 bits per heavy atom. The number of nitrogens with one attached hydrogen (secondary N) is 2.